The van der Waals surface area contributed by atoms with Crippen molar-refractivity contribution < 1.29 is 4.74 Å². The Bertz CT molecular complexity index is 371. The Morgan fingerprint density at radius 2 is 1.93 bits per heavy atom. The lowest BCUT2D eigenvalue weighted by molar-refractivity contribution is 0.359. The fourth-order valence-corrected chi connectivity index (χ4v) is 1.26. The maximum absolute atomic E-state index is 5.29. The second kappa shape index (κ2) is 4.47. The molecule has 1 heteroatoms. The summed E-state index contributed by atoms with van der Waals surface area (Å²) in [4.78, 5) is 0. The summed E-state index contributed by atoms with van der Waals surface area (Å²) in [6.45, 7) is 0. The highest BCUT2D eigenvalue weighted by atomic mass is 16.5. The van der Waals surface area contributed by atoms with E-state index in [-0.39, 0.29) is 0 Å². The lowest BCUT2D eigenvalue weighted by Gasteiger charge is -2.04. The second-order valence-electron chi connectivity index (χ2n) is 3.08. The number of hydrogen-bond acceptors (Lipinski definition) is 1. The van der Waals surface area contributed by atoms with Crippen LogP contribution in [-0.2, 0) is 4.74 Å². The molecule has 2 rings (SSSR count). The SMILES string of the molecule is C1=COC(C=Cc2ccccc2)=CC1. The first-order valence-corrected chi connectivity index (χ1v) is 4.70. The van der Waals surface area contributed by atoms with Crippen molar-refractivity contribution in [1.82, 2.24) is 0 Å². The minimum absolute atomic E-state index is 0.913. The van der Waals surface area contributed by atoms with Gasteiger partial charge in [0.1, 0.15) is 5.76 Å². The molecule has 0 unspecified atom stereocenters. The van der Waals surface area contributed by atoms with Gasteiger partial charge in [-0.15, -0.1) is 0 Å². The van der Waals surface area contributed by atoms with E-state index < -0.39 is 0 Å². The fourth-order valence-electron chi connectivity index (χ4n) is 1.26. The summed E-state index contributed by atoms with van der Waals surface area (Å²) in [6.07, 6.45) is 10.8. The molecular formula is C13H12O. The molecule has 0 N–H and O–H groups in total. The van der Waals surface area contributed by atoms with Crippen LogP contribution in [0.15, 0.2) is 60.6 Å². The van der Waals surface area contributed by atoms with Crippen molar-refractivity contribution in [2.24, 2.45) is 0 Å². The second-order valence-corrected chi connectivity index (χ2v) is 3.08. The van der Waals surface area contributed by atoms with Gasteiger partial charge in [0.05, 0.1) is 6.26 Å². The molecule has 70 valence electrons. The van der Waals surface area contributed by atoms with Crippen LogP contribution in [0, 0.1) is 0 Å². The Balaban J connectivity index is 2.04. The standard InChI is InChI=1S/C13H12O/c1-2-6-12(7-3-1)9-10-13-8-4-5-11-14-13/h1-3,5-11H,4H2. The lowest BCUT2D eigenvalue weighted by atomic mass is 10.2. The highest BCUT2D eigenvalue weighted by molar-refractivity contribution is 5.51. The van der Waals surface area contributed by atoms with Gasteiger partial charge in [0, 0.05) is 0 Å². The van der Waals surface area contributed by atoms with Gasteiger partial charge in [-0.25, -0.2) is 0 Å². The maximum Gasteiger partial charge on any atom is 0.122 e. The third kappa shape index (κ3) is 2.36. The molecular weight excluding hydrogens is 172 g/mol. The van der Waals surface area contributed by atoms with Crippen LogP contribution in [0.1, 0.15) is 12.0 Å². The zero-order valence-electron chi connectivity index (χ0n) is 7.89. The van der Waals surface area contributed by atoms with E-state index in [0.29, 0.717) is 0 Å². The van der Waals surface area contributed by atoms with Crippen LogP contribution in [-0.4, -0.2) is 0 Å². The quantitative estimate of drug-likeness (QED) is 0.683. The zero-order chi connectivity index (χ0) is 9.64. The summed E-state index contributed by atoms with van der Waals surface area (Å²) in [6, 6.07) is 10.2. The Morgan fingerprint density at radius 1 is 1.07 bits per heavy atom. The Hall–Kier alpha value is -1.76. The third-order valence-corrected chi connectivity index (χ3v) is 2.00. The van der Waals surface area contributed by atoms with Crippen molar-refractivity contribution >= 4 is 6.08 Å². The molecule has 0 radical (unpaired) electrons. The largest absolute Gasteiger partial charge is 0.466 e. The molecule has 1 heterocycles. The van der Waals surface area contributed by atoms with E-state index in [2.05, 4.69) is 18.2 Å². The zero-order valence-corrected chi connectivity index (χ0v) is 7.89. The van der Waals surface area contributed by atoms with Crippen molar-refractivity contribution in [3.05, 3.63) is 66.1 Å². The molecule has 0 amide bonds. The van der Waals surface area contributed by atoms with Crippen LogP contribution in [0.4, 0.5) is 0 Å². The van der Waals surface area contributed by atoms with E-state index in [1.807, 2.05) is 36.4 Å². The van der Waals surface area contributed by atoms with Crippen molar-refractivity contribution in [2.75, 3.05) is 0 Å². The molecule has 0 saturated carbocycles. The predicted molar refractivity (Wildman–Crippen MR) is 58.4 cm³/mol. The fraction of sp³-hybridized carbons (Fsp3) is 0.0769. The highest BCUT2D eigenvalue weighted by Crippen LogP contribution is 2.11. The van der Waals surface area contributed by atoms with Gasteiger partial charge in [0.2, 0.25) is 0 Å². The number of benzene rings is 1. The smallest absolute Gasteiger partial charge is 0.122 e. The topological polar surface area (TPSA) is 9.23 Å². The molecule has 0 saturated heterocycles. The van der Waals surface area contributed by atoms with Gasteiger partial charge in [0.25, 0.3) is 0 Å². The van der Waals surface area contributed by atoms with Crippen LogP contribution in [0.2, 0.25) is 0 Å². The summed E-state index contributed by atoms with van der Waals surface area (Å²) in [5.74, 6) is 0.913. The minimum atomic E-state index is 0.913. The van der Waals surface area contributed by atoms with E-state index in [4.69, 9.17) is 4.74 Å². The van der Waals surface area contributed by atoms with E-state index in [9.17, 15) is 0 Å². The third-order valence-electron chi connectivity index (χ3n) is 2.00. The first-order chi connectivity index (χ1) is 6.95. The Morgan fingerprint density at radius 3 is 2.64 bits per heavy atom. The van der Waals surface area contributed by atoms with Gasteiger partial charge >= 0.3 is 0 Å². The lowest BCUT2D eigenvalue weighted by Crippen LogP contribution is -1.85. The summed E-state index contributed by atoms with van der Waals surface area (Å²) in [5.41, 5.74) is 1.19. The molecule has 0 fully saturated rings. The Labute approximate surface area is 84.0 Å². The van der Waals surface area contributed by atoms with Crippen LogP contribution in [0.25, 0.3) is 6.08 Å². The van der Waals surface area contributed by atoms with Crippen molar-refractivity contribution in [3.63, 3.8) is 0 Å². The first-order valence-electron chi connectivity index (χ1n) is 4.70. The molecule has 0 spiro atoms. The van der Waals surface area contributed by atoms with Gasteiger partial charge in [0.15, 0.2) is 0 Å². The number of allylic oxidation sites excluding steroid dienone is 3. The molecule has 1 aromatic carbocycles. The van der Waals surface area contributed by atoms with Crippen molar-refractivity contribution in [1.29, 1.82) is 0 Å². The van der Waals surface area contributed by atoms with Crippen LogP contribution < -0.4 is 0 Å². The van der Waals surface area contributed by atoms with Crippen molar-refractivity contribution in [3.8, 4) is 0 Å². The average Bonchev–Trinajstić information content (AvgIpc) is 2.29. The normalized spacial score (nSPS) is 15.3. The van der Waals surface area contributed by atoms with Crippen LogP contribution >= 0.6 is 0 Å². The molecule has 0 atom stereocenters. The maximum atomic E-state index is 5.29. The van der Waals surface area contributed by atoms with E-state index in [1.54, 1.807) is 6.26 Å². The Kier molecular flexibility index (Phi) is 2.82. The van der Waals surface area contributed by atoms with Crippen LogP contribution in [0.3, 0.4) is 0 Å². The van der Waals surface area contributed by atoms with Gasteiger partial charge in [-0.3, -0.25) is 0 Å². The minimum Gasteiger partial charge on any atom is -0.466 e. The first kappa shape index (κ1) is 8.82. The molecule has 1 aliphatic rings. The summed E-state index contributed by atoms with van der Waals surface area (Å²) in [7, 11) is 0. The number of rotatable bonds is 2. The van der Waals surface area contributed by atoms with Gasteiger partial charge in [-0.2, -0.15) is 0 Å². The average molecular weight is 184 g/mol. The van der Waals surface area contributed by atoms with E-state index in [1.165, 1.54) is 5.56 Å². The van der Waals surface area contributed by atoms with Gasteiger partial charge in [-0.1, -0.05) is 36.4 Å². The number of hydrogen-bond donors (Lipinski definition) is 0. The number of ether oxygens (including phenoxy) is 1. The molecule has 0 aromatic heterocycles. The van der Waals surface area contributed by atoms with E-state index in [0.717, 1.165) is 12.2 Å². The van der Waals surface area contributed by atoms with Crippen LogP contribution in [0.5, 0.6) is 0 Å². The molecule has 0 aliphatic carbocycles. The van der Waals surface area contributed by atoms with Gasteiger partial charge in [-0.05, 0) is 30.2 Å². The molecule has 1 aromatic rings. The van der Waals surface area contributed by atoms with Gasteiger partial charge < -0.3 is 4.74 Å². The van der Waals surface area contributed by atoms with E-state index >= 15 is 0 Å². The molecule has 14 heavy (non-hydrogen) atoms. The molecule has 1 aliphatic heterocycles. The summed E-state index contributed by atoms with van der Waals surface area (Å²) < 4.78 is 5.29. The summed E-state index contributed by atoms with van der Waals surface area (Å²) in [5, 5.41) is 0. The van der Waals surface area contributed by atoms with Crippen molar-refractivity contribution in [2.45, 2.75) is 6.42 Å². The molecule has 1 nitrogen and oxygen atoms in total. The summed E-state index contributed by atoms with van der Waals surface area (Å²) >= 11 is 0. The monoisotopic (exact) mass is 184 g/mol. The molecule has 0 bridgehead atoms. The predicted octanol–water partition coefficient (Wildman–Crippen LogP) is 3.52. The highest BCUT2D eigenvalue weighted by Gasteiger charge is 1.93.